The summed E-state index contributed by atoms with van der Waals surface area (Å²) in [5, 5.41) is 2.61. The van der Waals surface area contributed by atoms with Crippen LogP contribution in [0.1, 0.15) is 47.4 Å². The van der Waals surface area contributed by atoms with E-state index in [1.807, 2.05) is 0 Å². The van der Waals surface area contributed by atoms with Gasteiger partial charge in [-0.05, 0) is 69.2 Å². The topological polar surface area (TPSA) is 83.5 Å². The first kappa shape index (κ1) is 21.3. The van der Waals surface area contributed by atoms with Gasteiger partial charge in [0.1, 0.15) is 0 Å². The zero-order chi connectivity index (χ0) is 21.2. The normalized spacial score (nSPS) is 14.3. The number of rotatable bonds is 5. The molecular formula is C21H23ClN2O4S. The van der Waals surface area contributed by atoms with Crippen molar-refractivity contribution >= 4 is 38.9 Å². The number of sulfone groups is 1. The zero-order valence-electron chi connectivity index (χ0n) is 16.3. The van der Waals surface area contributed by atoms with E-state index in [-0.39, 0.29) is 10.8 Å². The zero-order valence-corrected chi connectivity index (χ0v) is 17.9. The van der Waals surface area contributed by atoms with Crippen molar-refractivity contribution in [2.45, 2.75) is 36.8 Å². The van der Waals surface area contributed by atoms with Crippen molar-refractivity contribution in [2.75, 3.05) is 18.4 Å². The quantitative estimate of drug-likeness (QED) is 0.770. The molecule has 1 heterocycles. The van der Waals surface area contributed by atoms with Crippen LogP contribution >= 0.6 is 11.6 Å². The number of amides is 2. The van der Waals surface area contributed by atoms with Gasteiger partial charge in [0.05, 0.1) is 21.4 Å². The Balaban J connectivity index is 1.83. The predicted octanol–water partition coefficient (Wildman–Crippen LogP) is 4.01. The molecule has 2 aromatic rings. The number of halogens is 1. The minimum absolute atomic E-state index is 0.167. The van der Waals surface area contributed by atoms with Crippen molar-refractivity contribution in [2.24, 2.45) is 0 Å². The molecule has 6 nitrogen and oxygen atoms in total. The lowest BCUT2D eigenvalue weighted by atomic mass is 10.1. The van der Waals surface area contributed by atoms with Crippen LogP contribution in [-0.2, 0) is 9.84 Å². The van der Waals surface area contributed by atoms with Crippen molar-refractivity contribution in [3.05, 3.63) is 58.6 Å². The molecule has 0 atom stereocenters. The number of likely N-dealkylation sites (tertiary alicyclic amines) is 1. The summed E-state index contributed by atoms with van der Waals surface area (Å²) in [6, 6.07) is 10.5. The standard InChI is InChI=1S/C21H23ClN2O4S/c1-14(2)29(27,28)17-8-5-15(6-9-17)20(25)23-19-10-7-16(22)13-18(19)21(26)24-11-3-4-12-24/h5-10,13-14H,3-4,11-12H2,1-2H3,(H,23,25). The van der Waals surface area contributed by atoms with Crippen LogP contribution in [0.5, 0.6) is 0 Å². The number of carbonyl (C=O) groups is 2. The second-order valence-corrected chi connectivity index (χ2v) is 10.2. The Hall–Kier alpha value is -2.38. The first-order valence-electron chi connectivity index (χ1n) is 9.44. The fourth-order valence-electron chi connectivity index (χ4n) is 3.16. The molecule has 1 N–H and O–H groups in total. The van der Waals surface area contributed by atoms with Gasteiger partial charge in [0, 0.05) is 23.7 Å². The van der Waals surface area contributed by atoms with Crippen LogP contribution in [0.25, 0.3) is 0 Å². The molecule has 0 bridgehead atoms. The molecule has 0 unspecified atom stereocenters. The summed E-state index contributed by atoms with van der Waals surface area (Å²) in [6.45, 7) is 4.58. The van der Waals surface area contributed by atoms with E-state index in [4.69, 9.17) is 11.6 Å². The van der Waals surface area contributed by atoms with Crippen LogP contribution in [0.2, 0.25) is 5.02 Å². The third-order valence-corrected chi connectivity index (χ3v) is 7.32. The van der Waals surface area contributed by atoms with Gasteiger partial charge >= 0.3 is 0 Å². The Morgan fingerprint density at radius 2 is 1.66 bits per heavy atom. The molecular weight excluding hydrogens is 412 g/mol. The maximum atomic E-state index is 12.8. The van der Waals surface area contributed by atoms with E-state index in [0.717, 1.165) is 12.8 Å². The van der Waals surface area contributed by atoms with Gasteiger partial charge in [0.15, 0.2) is 9.84 Å². The minimum Gasteiger partial charge on any atom is -0.339 e. The lowest BCUT2D eigenvalue weighted by Crippen LogP contribution is -2.28. The Morgan fingerprint density at radius 3 is 2.24 bits per heavy atom. The molecule has 1 fully saturated rings. The smallest absolute Gasteiger partial charge is 0.256 e. The lowest BCUT2D eigenvalue weighted by molar-refractivity contribution is 0.0794. The molecule has 0 aromatic heterocycles. The molecule has 0 aliphatic carbocycles. The number of nitrogens with one attached hydrogen (secondary N) is 1. The fourth-order valence-corrected chi connectivity index (χ4v) is 4.39. The molecule has 3 rings (SSSR count). The Morgan fingerprint density at radius 1 is 1.03 bits per heavy atom. The summed E-state index contributed by atoms with van der Waals surface area (Å²) in [5.41, 5.74) is 1.00. The average Bonchev–Trinajstić information content (AvgIpc) is 3.23. The molecule has 2 amide bonds. The van der Waals surface area contributed by atoms with E-state index < -0.39 is 21.0 Å². The molecule has 2 aromatic carbocycles. The predicted molar refractivity (Wildman–Crippen MR) is 113 cm³/mol. The highest BCUT2D eigenvalue weighted by Crippen LogP contribution is 2.25. The van der Waals surface area contributed by atoms with Crippen LogP contribution in [0.3, 0.4) is 0 Å². The van der Waals surface area contributed by atoms with E-state index in [2.05, 4.69) is 5.32 Å². The van der Waals surface area contributed by atoms with Crippen LogP contribution in [0.4, 0.5) is 5.69 Å². The highest BCUT2D eigenvalue weighted by Gasteiger charge is 2.23. The maximum absolute atomic E-state index is 12.8. The van der Waals surface area contributed by atoms with Gasteiger partial charge in [-0.15, -0.1) is 0 Å². The van der Waals surface area contributed by atoms with E-state index in [9.17, 15) is 18.0 Å². The van der Waals surface area contributed by atoms with Gasteiger partial charge in [-0.3, -0.25) is 9.59 Å². The minimum atomic E-state index is -3.41. The summed E-state index contributed by atoms with van der Waals surface area (Å²) in [6.07, 6.45) is 1.92. The van der Waals surface area contributed by atoms with Crippen LogP contribution < -0.4 is 5.32 Å². The third kappa shape index (κ3) is 4.62. The van der Waals surface area contributed by atoms with Crippen LogP contribution in [0.15, 0.2) is 47.4 Å². The van der Waals surface area contributed by atoms with E-state index in [1.165, 1.54) is 24.3 Å². The van der Waals surface area contributed by atoms with Crippen molar-refractivity contribution in [1.29, 1.82) is 0 Å². The average molecular weight is 435 g/mol. The SMILES string of the molecule is CC(C)S(=O)(=O)c1ccc(C(=O)Nc2ccc(Cl)cc2C(=O)N2CCCC2)cc1. The van der Waals surface area contributed by atoms with Gasteiger partial charge in [-0.1, -0.05) is 11.6 Å². The second-order valence-electron chi connectivity index (χ2n) is 7.26. The molecule has 0 saturated carbocycles. The summed E-state index contributed by atoms with van der Waals surface area (Å²) < 4.78 is 24.5. The van der Waals surface area contributed by atoms with Gasteiger partial charge in [0.2, 0.25) is 0 Å². The molecule has 8 heteroatoms. The van der Waals surface area contributed by atoms with Crippen LogP contribution in [0, 0.1) is 0 Å². The Labute approximate surface area is 175 Å². The summed E-state index contributed by atoms with van der Waals surface area (Å²) in [4.78, 5) is 27.4. The highest BCUT2D eigenvalue weighted by molar-refractivity contribution is 7.92. The number of carbonyl (C=O) groups excluding carboxylic acids is 2. The van der Waals surface area contributed by atoms with Crippen molar-refractivity contribution in [3.8, 4) is 0 Å². The van der Waals surface area contributed by atoms with Crippen LogP contribution in [-0.4, -0.2) is 43.5 Å². The highest BCUT2D eigenvalue weighted by atomic mass is 35.5. The second kappa shape index (κ2) is 8.55. The molecule has 1 aliphatic rings. The molecule has 0 radical (unpaired) electrons. The third-order valence-electron chi connectivity index (χ3n) is 4.92. The fraction of sp³-hybridized carbons (Fsp3) is 0.333. The van der Waals surface area contributed by atoms with Crippen molar-refractivity contribution < 1.29 is 18.0 Å². The summed E-state index contributed by atoms with van der Waals surface area (Å²) >= 11 is 6.07. The molecule has 1 saturated heterocycles. The lowest BCUT2D eigenvalue weighted by Gasteiger charge is -2.18. The van der Waals surface area contributed by atoms with Crippen molar-refractivity contribution in [3.63, 3.8) is 0 Å². The van der Waals surface area contributed by atoms with Gasteiger partial charge in [-0.2, -0.15) is 0 Å². The molecule has 154 valence electrons. The van der Waals surface area contributed by atoms with Gasteiger partial charge in [-0.25, -0.2) is 8.42 Å². The van der Waals surface area contributed by atoms with Gasteiger partial charge < -0.3 is 10.2 Å². The molecule has 0 spiro atoms. The number of benzene rings is 2. The number of anilines is 1. The van der Waals surface area contributed by atoms with Crippen molar-refractivity contribution in [1.82, 2.24) is 4.90 Å². The van der Waals surface area contributed by atoms with E-state index in [1.54, 1.807) is 36.9 Å². The first-order chi connectivity index (χ1) is 13.7. The Bertz CT molecular complexity index is 1030. The summed E-state index contributed by atoms with van der Waals surface area (Å²) in [5.74, 6) is -0.602. The number of nitrogens with zero attached hydrogens (tertiary/aromatic N) is 1. The maximum Gasteiger partial charge on any atom is 0.256 e. The monoisotopic (exact) mass is 434 g/mol. The Kier molecular flexibility index (Phi) is 6.29. The summed E-state index contributed by atoms with van der Waals surface area (Å²) in [7, 11) is -3.41. The number of hydrogen-bond donors (Lipinski definition) is 1. The molecule has 1 aliphatic heterocycles. The molecule has 29 heavy (non-hydrogen) atoms. The largest absolute Gasteiger partial charge is 0.339 e. The van der Waals surface area contributed by atoms with E-state index in [0.29, 0.717) is 34.9 Å². The van der Waals surface area contributed by atoms with Gasteiger partial charge in [0.25, 0.3) is 11.8 Å². The van der Waals surface area contributed by atoms with E-state index >= 15 is 0 Å². The number of hydrogen-bond acceptors (Lipinski definition) is 4. The first-order valence-corrected chi connectivity index (χ1v) is 11.4.